The summed E-state index contributed by atoms with van der Waals surface area (Å²) in [6, 6.07) is 22.5. The van der Waals surface area contributed by atoms with Gasteiger partial charge in [-0.25, -0.2) is 10.4 Å². The molecule has 1 aromatic heterocycles. The lowest BCUT2D eigenvalue weighted by molar-refractivity contribution is -0.118. The van der Waals surface area contributed by atoms with Crippen LogP contribution in [0.2, 0.25) is 0 Å². The monoisotopic (exact) mass is 520 g/mol. The molecular weight excluding hydrogens is 500 g/mol. The number of aromatic nitrogens is 2. The van der Waals surface area contributed by atoms with Crippen LogP contribution in [-0.4, -0.2) is 26.9 Å². The molecular formula is C25H21BrN4O2S. The molecule has 0 saturated heterocycles. The number of benzene rings is 3. The molecule has 0 atom stereocenters. The predicted octanol–water partition coefficient (Wildman–Crippen LogP) is 5.09. The van der Waals surface area contributed by atoms with Crippen LogP contribution in [0.15, 0.2) is 92.3 Å². The van der Waals surface area contributed by atoms with E-state index in [-0.39, 0.29) is 17.2 Å². The van der Waals surface area contributed by atoms with Crippen molar-refractivity contribution in [2.75, 3.05) is 5.75 Å². The minimum Gasteiger partial charge on any atom is -0.272 e. The molecule has 0 bridgehead atoms. The van der Waals surface area contributed by atoms with E-state index in [4.69, 9.17) is 0 Å². The molecule has 0 unspecified atom stereocenters. The van der Waals surface area contributed by atoms with Gasteiger partial charge in [0.1, 0.15) is 0 Å². The Morgan fingerprint density at radius 3 is 2.64 bits per heavy atom. The highest BCUT2D eigenvalue weighted by Gasteiger charge is 2.16. The molecule has 0 spiro atoms. The van der Waals surface area contributed by atoms with Crippen LogP contribution in [0.5, 0.6) is 0 Å². The Morgan fingerprint density at radius 1 is 1.09 bits per heavy atom. The largest absolute Gasteiger partial charge is 0.272 e. The molecule has 0 fully saturated rings. The van der Waals surface area contributed by atoms with E-state index in [2.05, 4.69) is 31.4 Å². The Hall–Kier alpha value is -3.23. The maximum absolute atomic E-state index is 13.3. The van der Waals surface area contributed by atoms with E-state index in [1.807, 2.05) is 74.5 Å². The third-order valence-corrected chi connectivity index (χ3v) is 6.46. The summed E-state index contributed by atoms with van der Waals surface area (Å²) in [5.41, 5.74) is 6.30. The molecule has 166 valence electrons. The van der Waals surface area contributed by atoms with E-state index in [1.54, 1.807) is 16.7 Å². The number of hydrogen-bond donors (Lipinski definition) is 1. The van der Waals surface area contributed by atoms with Gasteiger partial charge in [0.15, 0.2) is 5.16 Å². The van der Waals surface area contributed by atoms with Gasteiger partial charge < -0.3 is 0 Å². The quantitative estimate of drug-likeness (QED) is 0.166. The number of hydrogen-bond acceptors (Lipinski definition) is 5. The average Bonchev–Trinajstić information content (AvgIpc) is 2.82. The summed E-state index contributed by atoms with van der Waals surface area (Å²) >= 11 is 4.64. The highest BCUT2D eigenvalue weighted by atomic mass is 79.9. The number of hydrazone groups is 1. The standard InChI is InChI=1S/C25H21BrN4O2S/c1-16-8-3-6-13-22(16)30-24(32)20-11-4-5-12-21(20)27-25(30)33-15-23(31)29-28-17(2)18-9-7-10-19(26)14-18/h3-14H,15H2,1-2H3,(H,29,31)/b28-17+. The number of thioether (sulfide) groups is 1. The molecule has 4 aromatic rings. The number of carbonyl (C=O) groups excluding carboxylic acids is 1. The second-order valence-electron chi connectivity index (χ2n) is 7.37. The van der Waals surface area contributed by atoms with Crippen LogP contribution in [0.25, 0.3) is 16.6 Å². The topological polar surface area (TPSA) is 76.3 Å². The van der Waals surface area contributed by atoms with Gasteiger partial charge in [0.05, 0.1) is 28.1 Å². The first-order valence-corrected chi connectivity index (χ1v) is 12.0. The zero-order valence-electron chi connectivity index (χ0n) is 18.1. The van der Waals surface area contributed by atoms with Gasteiger partial charge >= 0.3 is 0 Å². The Balaban J connectivity index is 1.60. The number of amides is 1. The number of halogens is 1. The smallest absolute Gasteiger partial charge is 0.266 e. The number of carbonyl (C=O) groups is 1. The molecule has 1 amide bonds. The van der Waals surface area contributed by atoms with Crippen LogP contribution in [0, 0.1) is 6.92 Å². The number of para-hydroxylation sites is 2. The van der Waals surface area contributed by atoms with Crippen molar-refractivity contribution in [2.45, 2.75) is 19.0 Å². The van der Waals surface area contributed by atoms with Crippen molar-refractivity contribution >= 4 is 50.2 Å². The summed E-state index contributed by atoms with van der Waals surface area (Å²) in [5.74, 6) is -0.223. The molecule has 3 aromatic carbocycles. The Kier molecular flexibility index (Phi) is 7.05. The number of rotatable bonds is 6. The maximum Gasteiger partial charge on any atom is 0.266 e. The van der Waals surface area contributed by atoms with Gasteiger partial charge in [0.2, 0.25) is 0 Å². The highest BCUT2D eigenvalue weighted by Crippen LogP contribution is 2.23. The van der Waals surface area contributed by atoms with Crippen molar-refractivity contribution in [1.82, 2.24) is 15.0 Å². The first-order valence-electron chi connectivity index (χ1n) is 10.2. The van der Waals surface area contributed by atoms with Crippen LogP contribution < -0.4 is 11.0 Å². The summed E-state index contributed by atoms with van der Waals surface area (Å²) in [6.45, 7) is 3.77. The molecule has 0 radical (unpaired) electrons. The zero-order valence-corrected chi connectivity index (χ0v) is 20.5. The van der Waals surface area contributed by atoms with Crippen LogP contribution in [0.3, 0.4) is 0 Å². The van der Waals surface area contributed by atoms with E-state index >= 15 is 0 Å². The summed E-state index contributed by atoms with van der Waals surface area (Å²) in [7, 11) is 0. The van der Waals surface area contributed by atoms with Crippen molar-refractivity contribution < 1.29 is 4.79 Å². The second-order valence-corrected chi connectivity index (χ2v) is 9.23. The normalized spacial score (nSPS) is 11.5. The van der Waals surface area contributed by atoms with E-state index in [0.29, 0.717) is 21.8 Å². The molecule has 4 rings (SSSR count). The van der Waals surface area contributed by atoms with Crippen molar-refractivity contribution in [3.63, 3.8) is 0 Å². The third kappa shape index (κ3) is 5.23. The van der Waals surface area contributed by atoms with Crippen LogP contribution in [-0.2, 0) is 4.79 Å². The van der Waals surface area contributed by atoms with E-state index in [1.165, 1.54) is 11.8 Å². The number of aryl methyl sites for hydroxylation is 1. The Labute approximate surface area is 203 Å². The fraction of sp³-hybridized carbons (Fsp3) is 0.120. The summed E-state index contributed by atoms with van der Waals surface area (Å²) in [4.78, 5) is 30.5. The van der Waals surface area contributed by atoms with Gasteiger partial charge in [-0.1, -0.05) is 70.2 Å². The predicted molar refractivity (Wildman–Crippen MR) is 137 cm³/mol. The van der Waals surface area contributed by atoms with Gasteiger partial charge in [0, 0.05) is 4.47 Å². The van der Waals surface area contributed by atoms with Gasteiger partial charge in [-0.2, -0.15) is 5.10 Å². The minimum atomic E-state index is -0.284. The zero-order chi connectivity index (χ0) is 23.4. The fourth-order valence-corrected chi connectivity index (χ4v) is 4.52. The maximum atomic E-state index is 13.3. The van der Waals surface area contributed by atoms with Crippen LogP contribution in [0.4, 0.5) is 0 Å². The van der Waals surface area contributed by atoms with E-state index in [9.17, 15) is 9.59 Å². The van der Waals surface area contributed by atoms with E-state index in [0.717, 1.165) is 21.3 Å². The van der Waals surface area contributed by atoms with Gasteiger partial charge in [-0.15, -0.1) is 0 Å². The summed E-state index contributed by atoms with van der Waals surface area (Å²) in [6.07, 6.45) is 0. The van der Waals surface area contributed by atoms with Crippen molar-refractivity contribution in [2.24, 2.45) is 5.10 Å². The second kappa shape index (κ2) is 10.1. The molecule has 6 nitrogen and oxygen atoms in total. The Bertz CT molecular complexity index is 1430. The molecule has 1 N–H and O–H groups in total. The lowest BCUT2D eigenvalue weighted by atomic mass is 10.1. The third-order valence-electron chi connectivity index (χ3n) is 5.02. The first-order chi connectivity index (χ1) is 15.9. The first kappa shape index (κ1) is 22.9. The van der Waals surface area contributed by atoms with Crippen molar-refractivity contribution in [3.8, 4) is 5.69 Å². The molecule has 0 saturated carbocycles. The lowest BCUT2D eigenvalue weighted by Crippen LogP contribution is -2.25. The molecule has 1 heterocycles. The van der Waals surface area contributed by atoms with Crippen LogP contribution in [0.1, 0.15) is 18.1 Å². The van der Waals surface area contributed by atoms with Crippen molar-refractivity contribution in [3.05, 3.63) is 98.7 Å². The van der Waals surface area contributed by atoms with Crippen LogP contribution >= 0.6 is 27.7 Å². The number of nitrogens with one attached hydrogen (secondary N) is 1. The lowest BCUT2D eigenvalue weighted by Gasteiger charge is -2.14. The molecule has 0 aliphatic carbocycles. The minimum absolute atomic E-state index is 0.0614. The SMILES string of the molecule is C/C(=N\NC(=O)CSc1nc2ccccc2c(=O)n1-c1ccccc1C)c1cccc(Br)c1. The molecule has 0 aliphatic rings. The fourth-order valence-electron chi connectivity index (χ4n) is 3.32. The van der Waals surface area contributed by atoms with E-state index < -0.39 is 0 Å². The van der Waals surface area contributed by atoms with Gasteiger partial charge in [-0.3, -0.25) is 14.2 Å². The molecule has 33 heavy (non-hydrogen) atoms. The van der Waals surface area contributed by atoms with Gasteiger partial charge in [0.25, 0.3) is 11.5 Å². The van der Waals surface area contributed by atoms with Gasteiger partial charge in [-0.05, 0) is 55.3 Å². The molecule has 0 aliphatic heterocycles. The average molecular weight is 521 g/mol. The number of nitrogens with zero attached hydrogens (tertiary/aromatic N) is 3. The summed E-state index contributed by atoms with van der Waals surface area (Å²) < 4.78 is 2.51. The highest BCUT2D eigenvalue weighted by molar-refractivity contribution is 9.10. The summed E-state index contributed by atoms with van der Waals surface area (Å²) in [5, 5.41) is 5.19. The Morgan fingerprint density at radius 2 is 1.85 bits per heavy atom. The van der Waals surface area contributed by atoms with Crippen molar-refractivity contribution in [1.29, 1.82) is 0 Å². The molecule has 8 heteroatoms. The number of fused-ring (bicyclic) bond motifs is 1.